The quantitative estimate of drug-likeness (QED) is 0.344. The molecule has 106 valence electrons. The monoisotopic (exact) mass is 285 g/mol. The molecule has 0 unspecified atom stereocenters. The van der Waals surface area contributed by atoms with E-state index in [2.05, 4.69) is 64.6 Å². The van der Waals surface area contributed by atoms with Crippen LogP contribution in [0.1, 0.15) is 5.56 Å². The molecule has 0 saturated heterocycles. The van der Waals surface area contributed by atoms with E-state index in [0.717, 1.165) is 0 Å². The van der Waals surface area contributed by atoms with E-state index in [-0.39, 0.29) is 0 Å². The lowest BCUT2D eigenvalue weighted by Crippen LogP contribution is -1.91. The second kappa shape index (κ2) is 5.11. The van der Waals surface area contributed by atoms with E-state index in [4.69, 9.17) is 5.73 Å². The van der Waals surface area contributed by atoms with Crippen LogP contribution >= 0.6 is 0 Å². The summed E-state index contributed by atoms with van der Waals surface area (Å²) in [5, 5.41) is 7.73. The van der Waals surface area contributed by atoms with Gasteiger partial charge < -0.3 is 5.73 Å². The molecule has 0 heterocycles. The van der Waals surface area contributed by atoms with E-state index in [1.54, 1.807) is 0 Å². The van der Waals surface area contributed by atoms with Gasteiger partial charge in [-0.15, -0.1) is 0 Å². The molecule has 0 radical (unpaired) electrons. The van der Waals surface area contributed by atoms with Gasteiger partial charge in [-0.25, -0.2) is 4.99 Å². The van der Waals surface area contributed by atoms with Crippen molar-refractivity contribution in [1.29, 1.82) is 0 Å². The summed E-state index contributed by atoms with van der Waals surface area (Å²) in [6.07, 6.45) is 2.75. The zero-order valence-electron chi connectivity index (χ0n) is 12.0. The van der Waals surface area contributed by atoms with Crippen LogP contribution in [0, 0.1) is 0 Å². The Balaban J connectivity index is 2.04. The lowest BCUT2D eigenvalue weighted by molar-refractivity contribution is 1.09. The second-order valence-corrected chi connectivity index (χ2v) is 5.34. The number of benzene rings is 4. The fourth-order valence-electron chi connectivity index (χ4n) is 3.19. The molecule has 0 aliphatic rings. The predicted octanol–water partition coefficient (Wildman–Crippen LogP) is 4.10. The molecule has 0 fully saturated rings. The van der Waals surface area contributed by atoms with E-state index in [9.17, 15) is 0 Å². The minimum atomic E-state index is 0.598. The highest BCUT2D eigenvalue weighted by Gasteiger charge is 2.10. The van der Waals surface area contributed by atoms with Crippen molar-refractivity contribution < 1.29 is 0 Å². The van der Waals surface area contributed by atoms with E-state index < -0.39 is 0 Å². The molecule has 3 heteroatoms. The third-order valence-corrected chi connectivity index (χ3v) is 4.09. The third kappa shape index (κ3) is 1.91. The van der Waals surface area contributed by atoms with Crippen molar-refractivity contribution in [2.45, 2.75) is 6.54 Å². The summed E-state index contributed by atoms with van der Waals surface area (Å²) >= 11 is 0. The number of nitrogens with zero attached hydrogens (tertiary/aromatic N) is 2. The Morgan fingerprint density at radius 3 is 2.41 bits per heavy atom. The maximum atomic E-state index is 5.23. The molecule has 0 amide bonds. The summed E-state index contributed by atoms with van der Waals surface area (Å²) in [5.74, 6) is 0. The molecule has 3 nitrogen and oxygen atoms in total. The van der Waals surface area contributed by atoms with Gasteiger partial charge in [-0.2, -0.15) is 0 Å². The van der Waals surface area contributed by atoms with Crippen LogP contribution in [0.4, 0.5) is 0 Å². The Morgan fingerprint density at radius 2 is 1.59 bits per heavy atom. The fourth-order valence-corrected chi connectivity index (χ4v) is 3.19. The number of nitrogens with two attached hydrogens (primary N) is 1. The Hall–Kier alpha value is -2.94. The molecule has 0 bridgehead atoms. The van der Waals surface area contributed by atoms with Crippen LogP contribution in [0.25, 0.3) is 32.3 Å². The SMILES string of the molecule is NC=NC=NCc1cc2cccc3ccc4cccc1c4c32. The molecule has 22 heavy (non-hydrogen) atoms. The van der Waals surface area contributed by atoms with Crippen LogP contribution < -0.4 is 5.73 Å². The van der Waals surface area contributed by atoms with Gasteiger partial charge in [0.15, 0.2) is 0 Å². The third-order valence-electron chi connectivity index (χ3n) is 4.09. The summed E-state index contributed by atoms with van der Waals surface area (Å²) < 4.78 is 0. The number of hydrogen-bond donors (Lipinski definition) is 1. The van der Waals surface area contributed by atoms with Gasteiger partial charge in [-0.3, -0.25) is 4.99 Å². The molecule has 0 aliphatic carbocycles. The van der Waals surface area contributed by atoms with Gasteiger partial charge in [0.1, 0.15) is 6.34 Å². The van der Waals surface area contributed by atoms with Crippen molar-refractivity contribution in [3.05, 3.63) is 60.2 Å². The molecule has 4 aromatic rings. The smallest absolute Gasteiger partial charge is 0.112 e. The lowest BCUT2D eigenvalue weighted by Gasteiger charge is -2.13. The molecule has 0 atom stereocenters. The Labute approximate surface area is 128 Å². The van der Waals surface area contributed by atoms with Crippen molar-refractivity contribution in [2.24, 2.45) is 15.7 Å². The van der Waals surface area contributed by atoms with Gasteiger partial charge >= 0.3 is 0 Å². The average Bonchev–Trinajstić information content (AvgIpc) is 2.57. The van der Waals surface area contributed by atoms with Gasteiger partial charge in [0, 0.05) is 0 Å². The van der Waals surface area contributed by atoms with Gasteiger partial charge in [0.25, 0.3) is 0 Å². The molecule has 2 N–H and O–H groups in total. The van der Waals surface area contributed by atoms with Crippen molar-refractivity contribution in [2.75, 3.05) is 0 Å². The fraction of sp³-hybridized carbons (Fsp3) is 0.0526. The maximum absolute atomic E-state index is 5.23. The highest BCUT2D eigenvalue weighted by molar-refractivity contribution is 6.23. The lowest BCUT2D eigenvalue weighted by atomic mass is 9.91. The van der Waals surface area contributed by atoms with Gasteiger partial charge in [0.2, 0.25) is 0 Å². The molecule has 0 aromatic heterocycles. The van der Waals surface area contributed by atoms with Crippen molar-refractivity contribution in [3.63, 3.8) is 0 Å². The highest BCUT2D eigenvalue weighted by atomic mass is 14.9. The van der Waals surface area contributed by atoms with Crippen LogP contribution in [-0.4, -0.2) is 12.7 Å². The first-order valence-electron chi connectivity index (χ1n) is 7.25. The minimum Gasteiger partial charge on any atom is -0.390 e. The Kier molecular flexibility index (Phi) is 2.97. The van der Waals surface area contributed by atoms with Crippen molar-refractivity contribution in [3.8, 4) is 0 Å². The highest BCUT2D eigenvalue weighted by Crippen LogP contribution is 2.36. The van der Waals surface area contributed by atoms with Gasteiger partial charge in [-0.1, -0.05) is 48.5 Å². The summed E-state index contributed by atoms with van der Waals surface area (Å²) in [7, 11) is 0. The predicted molar refractivity (Wildman–Crippen MR) is 95.0 cm³/mol. The second-order valence-electron chi connectivity index (χ2n) is 5.34. The van der Waals surface area contributed by atoms with Crippen molar-refractivity contribution >= 4 is 45.0 Å². The molecule has 0 aliphatic heterocycles. The summed E-state index contributed by atoms with van der Waals surface area (Å²) in [5.41, 5.74) is 6.44. The first-order valence-corrected chi connectivity index (χ1v) is 7.25. The number of hydrogen-bond acceptors (Lipinski definition) is 1. The van der Waals surface area contributed by atoms with Crippen LogP contribution in [-0.2, 0) is 6.54 Å². The largest absolute Gasteiger partial charge is 0.390 e. The van der Waals surface area contributed by atoms with E-state index in [0.29, 0.717) is 6.54 Å². The number of rotatable bonds is 3. The Morgan fingerprint density at radius 1 is 0.864 bits per heavy atom. The zero-order chi connectivity index (χ0) is 14.9. The van der Waals surface area contributed by atoms with E-state index >= 15 is 0 Å². The molecule has 4 aromatic carbocycles. The standard InChI is InChI=1S/C19H15N3/c20-11-22-12-21-10-16-9-15-5-1-3-13-7-8-14-4-2-6-17(16)19(14)18(13)15/h1-9,11-12H,10H2,(H2,20,21,22). The van der Waals surface area contributed by atoms with E-state index in [1.807, 2.05) is 0 Å². The van der Waals surface area contributed by atoms with Crippen LogP contribution in [0.5, 0.6) is 0 Å². The average molecular weight is 285 g/mol. The van der Waals surface area contributed by atoms with Crippen LogP contribution in [0.15, 0.2) is 64.6 Å². The first-order chi connectivity index (χ1) is 10.9. The van der Waals surface area contributed by atoms with Crippen LogP contribution in [0.3, 0.4) is 0 Å². The zero-order valence-corrected chi connectivity index (χ0v) is 12.0. The molecule has 4 rings (SSSR count). The van der Waals surface area contributed by atoms with Crippen molar-refractivity contribution in [1.82, 2.24) is 0 Å². The van der Waals surface area contributed by atoms with Gasteiger partial charge in [-0.05, 0) is 43.9 Å². The summed E-state index contributed by atoms with van der Waals surface area (Å²) in [6, 6.07) is 19.5. The minimum absolute atomic E-state index is 0.598. The number of aliphatic imine (C=N–C) groups is 2. The summed E-state index contributed by atoms with van der Waals surface area (Å²) in [4.78, 5) is 8.16. The summed E-state index contributed by atoms with van der Waals surface area (Å²) in [6.45, 7) is 0.598. The molecular weight excluding hydrogens is 270 g/mol. The normalized spacial score (nSPS) is 12.5. The molecule has 0 spiro atoms. The molecule has 0 saturated carbocycles. The topological polar surface area (TPSA) is 50.7 Å². The van der Waals surface area contributed by atoms with E-state index in [1.165, 1.54) is 50.6 Å². The Bertz CT molecular complexity index is 1020. The van der Waals surface area contributed by atoms with Crippen LogP contribution in [0.2, 0.25) is 0 Å². The first kappa shape index (κ1) is 12.8. The van der Waals surface area contributed by atoms with Gasteiger partial charge in [0.05, 0.1) is 12.9 Å². The maximum Gasteiger partial charge on any atom is 0.112 e. The molecular formula is C19H15N3.